The van der Waals surface area contributed by atoms with Gasteiger partial charge in [0.05, 0.1) is 5.69 Å². The van der Waals surface area contributed by atoms with Crippen molar-refractivity contribution >= 4 is 27.9 Å². The number of thiophene rings is 1. The maximum absolute atomic E-state index is 12.2. The van der Waals surface area contributed by atoms with E-state index in [9.17, 15) is 10.1 Å². The molecule has 114 valence electrons. The van der Waals surface area contributed by atoms with E-state index in [2.05, 4.69) is 29.8 Å². The SMILES string of the molecule is CC1CN(C)CCN1c1sc(C(=O)N(C)C)c(N)c1C#N. The molecule has 1 saturated heterocycles. The second-order valence-corrected chi connectivity index (χ2v) is 6.64. The van der Waals surface area contributed by atoms with E-state index in [4.69, 9.17) is 5.73 Å². The smallest absolute Gasteiger partial charge is 0.265 e. The predicted octanol–water partition coefficient (Wildman–Crippen LogP) is 1.04. The molecule has 1 aromatic rings. The molecule has 7 heteroatoms. The van der Waals surface area contributed by atoms with E-state index in [1.165, 1.54) is 16.2 Å². The molecular weight excluding hydrogens is 286 g/mol. The summed E-state index contributed by atoms with van der Waals surface area (Å²) >= 11 is 1.33. The monoisotopic (exact) mass is 307 g/mol. The first kappa shape index (κ1) is 15.6. The molecule has 1 atom stereocenters. The normalized spacial score (nSPS) is 19.4. The Hall–Kier alpha value is -1.78. The zero-order valence-electron chi connectivity index (χ0n) is 12.9. The molecular formula is C14H21N5OS. The van der Waals surface area contributed by atoms with Crippen LogP contribution in [-0.2, 0) is 0 Å². The molecule has 0 aromatic carbocycles. The molecule has 6 nitrogen and oxygen atoms in total. The fraction of sp³-hybridized carbons (Fsp3) is 0.571. The highest BCUT2D eigenvalue weighted by Gasteiger charge is 2.29. The van der Waals surface area contributed by atoms with E-state index in [1.807, 2.05) is 0 Å². The van der Waals surface area contributed by atoms with Crippen molar-refractivity contribution in [2.45, 2.75) is 13.0 Å². The van der Waals surface area contributed by atoms with E-state index in [0.29, 0.717) is 16.1 Å². The van der Waals surface area contributed by atoms with Crippen molar-refractivity contribution in [3.05, 3.63) is 10.4 Å². The summed E-state index contributed by atoms with van der Waals surface area (Å²) in [6.07, 6.45) is 0. The Bertz CT molecular complexity index is 589. The summed E-state index contributed by atoms with van der Waals surface area (Å²) in [6.45, 7) is 4.83. The van der Waals surface area contributed by atoms with Crippen LogP contribution >= 0.6 is 11.3 Å². The number of nitriles is 1. The summed E-state index contributed by atoms with van der Waals surface area (Å²) in [5.41, 5.74) is 6.78. The van der Waals surface area contributed by atoms with Gasteiger partial charge in [-0.1, -0.05) is 0 Å². The molecule has 1 fully saturated rings. The minimum Gasteiger partial charge on any atom is -0.396 e. The zero-order chi connectivity index (χ0) is 15.7. The number of anilines is 2. The fourth-order valence-electron chi connectivity index (χ4n) is 2.55. The molecule has 1 amide bonds. The van der Waals surface area contributed by atoms with Gasteiger partial charge in [-0.25, -0.2) is 0 Å². The zero-order valence-corrected chi connectivity index (χ0v) is 13.7. The molecule has 2 rings (SSSR count). The van der Waals surface area contributed by atoms with E-state index >= 15 is 0 Å². The minimum atomic E-state index is -0.151. The molecule has 0 saturated carbocycles. The summed E-state index contributed by atoms with van der Waals surface area (Å²) in [4.78, 5) is 18.6. The third-order valence-electron chi connectivity index (χ3n) is 3.73. The first-order valence-corrected chi connectivity index (χ1v) is 7.67. The van der Waals surface area contributed by atoms with E-state index in [1.54, 1.807) is 14.1 Å². The predicted molar refractivity (Wildman–Crippen MR) is 85.8 cm³/mol. The lowest BCUT2D eigenvalue weighted by atomic mass is 10.1. The van der Waals surface area contributed by atoms with Crippen LogP contribution in [0.4, 0.5) is 10.7 Å². The summed E-state index contributed by atoms with van der Waals surface area (Å²) in [6, 6.07) is 2.45. The number of hydrogen-bond acceptors (Lipinski definition) is 6. The van der Waals surface area contributed by atoms with Crippen LogP contribution in [0.1, 0.15) is 22.2 Å². The fourth-order valence-corrected chi connectivity index (χ4v) is 3.87. The van der Waals surface area contributed by atoms with Crippen LogP contribution in [0.2, 0.25) is 0 Å². The molecule has 0 aliphatic carbocycles. The lowest BCUT2D eigenvalue weighted by molar-refractivity contribution is 0.0833. The molecule has 2 heterocycles. The average Bonchev–Trinajstić information content (AvgIpc) is 2.74. The van der Waals surface area contributed by atoms with Crippen molar-refractivity contribution in [1.82, 2.24) is 9.80 Å². The van der Waals surface area contributed by atoms with Gasteiger partial charge in [-0.2, -0.15) is 5.26 Å². The van der Waals surface area contributed by atoms with Crippen molar-refractivity contribution in [2.24, 2.45) is 0 Å². The number of carbonyl (C=O) groups excluding carboxylic acids is 1. The molecule has 1 aliphatic heterocycles. The second kappa shape index (κ2) is 5.92. The van der Waals surface area contributed by atoms with Crippen molar-refractivity contribution in [1.29, 1.82) is 5.26 Å². The molecule has 2 N–H and O–H groups in total. The van der Waals surface area contributed by atoms with Gasteiger partial charge >= 0.3 is 0 Å². The van der Waals surface area contributed by atoms with Gasteiger partial charge in [-0.3, -0.25) is 4.79 Å². The van der Waals surface area contributed by atoms with E-state index in [0.717, 1.165) is 24.6 Å². The molecule has 1 unspecified atom stereocenters. The number of nitrogens with zero attached hydrogens (tertiary/aromatic N) is 4. The Morgan fingerprint density at radius 3 is 2.67 bits per heavy atom. The Morgan fingerprint density at radius 2 is 2.14 bits per heavy atom. The molecule has 21 heavy (non-hydrogen) atoms. The summed E-state index contributed by atoms with van der Waals surface area (Å²) < 4.78 is 0. The van der Waals surface area contributed by atoms with Gasteiger partial charge < -0.3 is 20.4 Å². The van der Waals surface area contributed by atoms with E-state index in [-0.39, 0.29) is 11.9 Å². The van der Waals surface area contributed by atoms with Gasteiger partial charge in [-0.15, -0.1) is 11.3 Å². The van der Waals surface area contributed by atoms with Crippen molar-refractivity contribution in [3.8, 4) is 6.07 Å². The minimum absolute atomic E-state index is 0.151. The first-order valence-electron chi connectivity index (χ1n) is 6.86. The summed E-state index contributed by atoms with van der Waals surface area (Å²) in [7, 11) is 5.46. The number of amides is 1. The topological polar surface area (TPSA) is 76.6 Å². The van der Waals surface area contributed by atoms with Crippen LogP contribution in [-0.4, -0.2) is 62.5 Å². The average molecular weight is 307 g/mol. The van der Waals surface area contributed by atoms with Gasteiger partial charge in [0, 0.05) is 39.8 Å². The molecule has 1 aliphatic rings. The highest BCUT2D eigenvalue weighted by molar-refractivity contribution is 7.19. The number of likely N-dealkylation sites (N-methyl/N-ethyl adjacent to an activating group) is 1. The van der Waals surface area contributed by atoms with E-state index < -0.39 is 0 Å². The number of nitrogens with two attached hydrogens (primary N) is 1. The number of nitrogen functional groups attached to an aromatic ring is 1. The second-order valence-electron chi connectivity index (χ2n) is 5.64. The molecule has 0 spiro atoms. The third kappa shape index (κ3) is 2.82. The molecule has 1 aromatic heterocycles. The Balaban J connectivity index is 2.43. The number of rotatable bonds is 2. The van der Waals surface area contributed by atoms with Gasteiger partial charge in [0.1, 0.15) is 21.5 Å². The highest BCUT2D eigenvalue weighted by Crippen LogP contribution is 2.39. The summed E-state index contributed by atoms with van der Waals surface area (Å²) in [5.74, 6) is -0.151. The lowest BCUT2D eigenvalue weighted by Gasteiger charge is -2.39. The van der Waals surface area contributed by atoms with Gasteiger partial charge in [-0.05, 0) is 14.0 Å². The first-order chi connectivity index (χ1) is 9.86. The van der Waals surface area contributed by atoms with Crippen molar-refractivity contribution < 1.29 is 4.79 Å². The maximum Gasteiger partial charge on any atom is 0.265 e. The third-order valence-corrected chi connectivity index (χ3v) is 4.96. The number of carbonyl (C=O) groups is 1. The Labute approximate surface area is 129 Å². The van der Waals surface area contributed by atoms with Gasteiger partial charge in [0.15, 0.2) is 0 Å². The van der Waals surface area contributed by atoms with Crippen molar-refractivity contribution in [3.63, 3.8) is 0 Å². The number of piperazine rings is 1. The van der Waals surface area contributed by atoms with Crippen LogP contribution in [0, 0.1) is 11.3 Å². The Kier molecular flexibility index (Phi) is 4.40. The van der Waals surface area contributed by atoms with Gasteiger partial charge in [0.25, 0.3) is 5.91 Å². The van der Waals surface area contributed by atoms with Crippen LogP contribution in [0.15, 0.2) is 0 Å². The number of hydrogen-bond donors (Lipinski definition) is 1. The van der Waals surface area contributed by atoms with Crippen LogP contribution in [0.3, 0.4) is 0 Å². The van der Waals surface area contributed by atoms with Gasteiger partial charge in [0.2, 0.25) is 0 Å². The molecule has 0 bridgehead atoms. The van der Waals surface area contributed by atoms with Crippen LogP contribution in [0.5, 0.6) is 0 Å². The quantitative estimate of drug-likeness (QED) is 0.883. The largest absolute Gasteiger partial charge is 0.396 e. The summed E-state index contributed by atoms with van der Waals surface area (Å²) in [5, 5.41) is 10.2. The maximum atomic E-state index is 12.2. The standard InChI is InChI=1S/C14H21N5OS/c1-9-8-18(4)5-6-19(9)14-10(7-15)11(16)12(21-14)13(20)17(2)3/h9H,5-6,8,16H2,1-4H3. The lowest BCUT2D eigenvalue weighted by Crippen LogP contribution is -2.50. The molecule has 0 radical (unpaired) electrons. The van der Waals surface area contributed by atoms with Crippen molar-refractivity contribution in [2.75, 3.05) is 51.4 Å². The van der Waals surface area contributed by atoms with Crippen LogP contribution in [0.25, 0.3) is 0 Å². The highest BCUT2D eigenvalue weighted by atomic mass is 32.1. The van der Waals surface area contributed by atoms with Crippen LogP contribution < -0.4 is 10.6 Å². The Morgan fingerprint density at radius 1 is 1.48 bits per heavy atom.